The highest BCUT2D eigenvalue weighted by Gasteiger charge is 2.19. The molecule has 3 heterocycles. The number of hydrogen-bond acceptors (Lipinski definition) is 6. The Kier molecular flexibility index (Phi) is 6.68. The van der Waals surface area contributed by atoms with Crippen molar-refractivity contribution in [1.82, 2.24) is 24.4 Å². The molecule has 0 spiro atoms. The third-order valence-electron chi connectivity index (χ3n) is 6.17. The number of likely N-dealkylation sites (N-methyl/N-ethyl adjacent to an activating group) is 1. The number of carbonyl (C=O) groups is 1. The maximum atomic E-state index is 15.2. The quantitative estimate of drug-likeness (QED) is 0.229. The van der Waals surface area contributed by atoms with Gasteiger partial charge in [-0.05, 0) is 38.4 Å². The molecule has 9 nitrogen and oxygen atoms in total. The third kappa shape index (κ3) is 4.88. The average Bonchev–Trinajstić information content (AvgIpc) is 3.46. The summed E-state index contributed by atoms with van der Waals surface area (Å²) in [7, 11) is 5.71. The first-order valence-corrected chi connectivity index (χ1v) is 12.1. The molecule has 5 rings (SSSR count). The van der Waals surface area contributed by atoms with Crippen LogP contribution in [0.1, 0.15) is 6.92 Å². The van der Waals surface area contributed by atoms with E-state index in [2.05, 4.69) is 30.9 Å². The smallest absolute Gasteiger partial charge is 0.229 e. The zero-order valence-corrected chi connectivity index (χ0v) is 21.5. The Morgan fingerprint density at radius 2 is 1.89 bits per heavy atom. The van der Waals surface area contributed by atoms with Crippen LogP contribution in [0, 0.1) is 11.6 Å². The molecule has 4 N–H and O–H groups in total. The summed E-state index contributed by atoms with van der Waals surface area (Å²) in [5, 5.41) is 9.99. The summed E-state index contributed by atoms with van der Waals surface area (Å²) in [5.74, 6) is -1.09. The van der Waals surface area contributed by atoms with Crippen LogP contribution in [0.3, 0.4) is 0 Å². The molecule has 38 heavy (non-hydrogen) atoms. The number of rotatable bonds is 8. The van der Waals surface area contributed by atoms with Crippen LogP contribution >= 0.6 is 0 Å². The highest BCUT2D eigenvalue weighted by atomic mass is 19.1. The van der Waals surface area contributed by atoms with Gasteiger partial charge in [-0.1, -0.05) is 6.07 Å². The van der Waals surface area contributed by atoms with Crippen LogP contribution in [0.2, 0.25) is 0 Å². The number of carbonyl (C=O) groups excluding carboxylic acids is 1. The van der Waals surface area contributed by atoms with E-state index in [0.717, 1.165) is 12.1 Å². The molecule has 0 atom stereocenters. The first kappa shape index (κ1) is 25.2. The first-order valence-electron chi connectivity index (χ1n) is 12.1. The number of H-pyrrole nitrogens is 1. The Bertz CT molecular complexity index is 1660. The Hall–Kier alpha value is -4.51. The number of aromatic amines is 1. The normalized spacial score (nSPS) is 11.4. The lowest BCUT2D eigenvalue weighted by Crippen LogP contribution is -2.21. The van der Waals surface area contributed by atoms with Crippen LogP contribution in [-0.2, 0) is 11.8 Å². The summed E-state index contributed by atoms with van der Waals surface area (Å²) >= 11 is 0. The molecular formula is C27H28F2N8O. The molecule has 0 saturated carbocycles. The second-order valence-electron chi connectivity index (χ2n) is 9.34. The van der Waals surface area contributed by atoms with Crippen molar-refractivity contribution in [3.05, 3.63) is 60.4 Å². The molecule has 0 aliphatic carbocycles. The van der Waals surface area contributed by atoms with E-state index in [0.29, 0.717) is 45.6 Å². The molecule has 0 unspecified atom stereocenters. The van der Waals surface area contributed by atoms with Crippen molar-refractivity contribution in [2.24, 2.45) is 7.05 Å². The molecule has 0 saturated heterocycles. The number of amides is 1. The monoisotopic (exact) mass is 518 g/mol. The molecule has 0 fully saturated rings. The summed E-state index contributed by atoms with van der Waals surface area (Å²) in [6.45, 7) is 2.67. The van der Waals surface area contributed by atoms with Crippen molar-refractivity contribution in [2.75, 3.05) is 43.1 Å². The van der Waals surface area contributed by atoms with Crippen LogP contribution in [0.25, 0.3) is 33.2 Å². The molecule has 0 bridgehead atoms. The van der Waals surface area contributed by atoms with E-state index in [1.165, 1.54) is 25.1 Å². The molecule has 196 valence electrons. The molecule has 5 aromatic rings. The fraction of sp³-hybridized carbons (Fsp3) is 0.222. The van der Waals surface area contributed by atoms with Gasteiger partial charge in [-0.3, -0.25) is 4.79 Å². The second kappa shape index (κ2) is 10.1. The average molecular weight is 519 g/mol. The molecule has 0 aliphatic heterocycles. The predicted octanol–water partition coefficient (Wildman–Crippen LogP) is 5.07. The lowest BCUT2D eigenvalue weighted by Gasteiger charge is -2.17. The zero-order valence-electron chi connectivity index (χ0n) is 21.5. The topological polar surface area (TPSA) is 103 Å². The van der Waals surface area contributed by atoms with Gasteiger partial charge in [0.05, 0.1) is 28.3 Å². The van der Waals surface area contributed by atoms with E-state index >= 15 is 4.39 Å². The number of benzene rings is 2. The van der Waals surface area contributed by atoms with Gasteiger partial charge in [-0.15, -0.1) is 0 Å². The van der Waals surface area contributed by atoms with Crippen LogP contribution in [-0.4, -0.2) is 57.5 Å². The summed E-state index contributed by atoms with van der Waals surface area (Å²) in [6.07, 6.45) is 3.54. The summed E-state index contributed by atoms with van der Waals surface area (Å²) in [4.78, 5) is 26.1. The Morgan fingerprint density at radius 3 is 2.66 bits per heavy atom. The maximum Gasteiger partial charge on any atom is 0.229 e. The summed E-state index contributed by atoms with van der Waals surface area (Å²) in [5.41, 5.74) is 3.27. The highest BCUT2D eigenvalue weighted by molar-refractivity contribution is 6.03. The van der Waals surface area contributed by atoms with Crippen molar-refractivity contribution < 1.29 is 13.6 Å². The number of hydrogen-bond donors (Lipinski definition) is 4. The van der Waals surface area contributed by atoms with Gasteiger partial charge in [-0.25, -0.2) is 13.8 Å². The van der Waals surface area contributed by atoms with Crippen molar-refractivity contribution >= 4 is 50.9 Å². The fourth-order valence-electron chi connectivity index (χ4n) is 4.43. The van der Waals surface area contributed by atoms with Gasteiger partial charge < -0.3 is 30.4 Å². The van der Waals surface area contributed by atoms with Gasteiger partial charge in [0.2, 0.25) is 11.9 Å². The van der Waals surface area contributed by atoms with Crippen LogP contribution in [0.15, 0.2) is 48.8 Å². The van der Waals surface area contributed by atoms with Gasteiger partial charge in [0.25, 0.3) is 0 Å². The Morgan fingerprint density at radius 1 is 1.08 bits per heavy atom. The highest BCUT2D eigenvalue weighted by Crippen LogP contribution is 2.36. The van der Waals surface area contributed by atoms with Crippen molar-refractivity contribution in [1.29, 1.82) is 0 Å². The number of aromatic nitrogens is 4. The number of nitrogens with zero attached hydrogens (tertiary/aromatic N) is 4. The SMILES string of the molecule is CC(=O)Nc1cc(Nc2nc(-c3cn(C)c4cccc(F)c34)c3cc[nH]c3n2)c(F)cc1NCCN(C)C. The second-order valence-corrected chi connectivity index (χ2v) is 9.34. The van der Waals surface area contributed by atoms with Gasteiger partial charge in [0.15, 0.2) is 0 Å². The van der Waals surface area contributed by atoms with Gasteiger partial charge >= 0.3 is 0 Å². The van der Waals surface area contributed by atoms with Crippen LogP contribution in [0.5, 0.6) is 0 Å². The van der Waals surface area contributed by atoms with Gasteiger partial charge in [-0.2, -0.15) is 4.98 Å². The van der Waals surface area contributed by atoms with Crippen LogP contribution < -0.4 is 16.0 Å². The molecule has 11 heteroatoms. The van der Waals surface area contributed by atoms with Crippen LogP contribution in [0.4, 0.5) is 31.8 Å². The molecule has 1 amide bonds. The van der Waals surface area contributed by atoms with Crippen molar-refractivity contribution in [2.45, 2.75) is 6.92 Å². The molecule has 2 aromatic carbocycles. The number of aryl methyl sites for hydroxylation is 1. The first-order chi connectivity index (χ1) is 18.2. The minimum Gasteiger partial charge on any atom is -0.382 e. The maximum absolute atomic E-state index is 15.2. The van der Waals surface area contributed by atoms with E-state index in [4.69, 9.17) is 0 Å². The number of anilines is 4. The third-order valence-corrected chi connectivity index (χ3v) is 6.17. The number of fused-ring (bicyclic) bond motifs is 2. The standard InChI is InChI=1S/C27H28F2N8O/c1-15(38)32-22-13-20(19(29)12-21(22)30-10-11-36(2)3)33-27-34-25(16-8-9-31-26(16)35-27)17-14-37(4)23-7-5-6-18(28)24(17)23/h5-9,12-14,30H,10-11H2,1-4H3,(H,32,38)(H2,31,33,34,35). The molecule has 0 radical (unpaired) electrons. The van der Waals surface area contributed by atoms with Gasteiger partial charge in [0, 0.05) is 61.9 Å². The van der Waals surface area contributed by atoms with Crippen molar-refractivity contribution in [3.8, 4) is 11.3 Å². The molecular weight excluding hydrogens is 490 g/mol. The van der Waals surface area contributed by atoms with E-state index in [1.807, 2.05) is 48.9 Å². The van der Waals surface area contributed by atoms with E-state index < -0.39 is 5.82 Å². The Labute approximate surface area is 217 Å². The minimum absolute atomic E-state index is 0.0767. The van der Waals surface area contributed by atoms with E-state index in [1.54, 1.807) is 12.3 Å². The van der Waals surface area contributed by atoms with Crippen molar-refractivity contribution in [3.63, 3.8) is 0 Å². The number of halogens is 2. The predicted molar refractivity (Wildman–Crippen MR) is 147 cm³/mol. The van der Waals surface area contributed by atoms with Gasteiger partial charge in [0.1, 0.15) is 17.3 Å². The fourth-order valence-corrected chi connectivity index (χ4v) is 4.43. The van der Waals surface area contributed by atoms with E-state index in [9.17, 15) is 9.18 Å². The lowest BCUT2D eigenvalue weighted by atomic mass is 10.1. The lowest BCUT2D eigenvalue weighted by molar-refractivity contribution is -0.114. The Balaban J connectivity index is 1.57. The largest absolute Gasteiger partial charge is 0.382 e. The summed E-state index contributed by atoms with van der Waals surface area (Å²) < 4.78 is 32.0. The summed E-state index contributed by atoms with van der Waals surface area (Å²) in [6, 6.07) is 9.54. The zero-order chi connectivity index (χ0) is 27.0. The molecule has 0 aliphatic rings. The molecule has 3 aromatic heterocycles. The minimum atomic E-state index is -0.556. The number of nitrogens with one attached hydrogen (secondary N) is 4. The van der Waals surface area contributed by atoms with E-state index in [-0.39, 0.29) is 23.4 Å².